The van der Waals surface area contributed by atoms with E-state index in [4.69, 9.17) is 0 Å². The fourth-order valence-corrected chi connectivity index (χ4v) is 4.88. The summed E-state index contributed by atoms with van der Waals surface area (Å²) >= 11 is 0. The molecule has 148 valence electrons. The van der Waals surface area contributed by atoms with Gasteiger partial charge in [-0.3, -0.25) is 14.9 Å². The van der Waals surface area contributed by atoms with Crippen LogP contribution in [-0.4, -0.2) is 28.8 Å². The van der Waals surface area contributed by atoms with E-state index in [2.05, 4.69) is 0 Å². The second kappa shape index (κ2) is 7.26. The minimum atomic E-state index is -0.922. The summed E-state index contributed by atoms with van der Waals surface area (Å²) in [5.41, 5.74) is 3.21. The molecule has 0 saturated carbocycles. The molecule has 3 aromatic carbocycles. The third kappa shape index (κ3) is 2.82. The minimum Gasteiger partial charge on any atom is -0.346 e. The van der Waals surface area contributed by atoms with E-state index in [0.29, 0.717) is 5.56 Å². The Hall–Kier alpha value is -3.73. The Morgan fingerprint density at radius 2 is 1.50 bits per heavy atom. The predicted octanol–water partition coefficient (Wildman–Crippen LogP) is 4.58. The number of fused-ring (bicyclic) bond motifs is 3. The quantitative estimate of drug-likeness (QED) is 0.368. The van der Waals surface area contributed by atoms with Gasteiger partial charge in [0.05, 0.1) is 5.92 Å². The van der Waals surface area contributed by atoms with Gasteiger partial charge < -0.3 is 4.90 Å². The summed E-state index contributed by atoms with van der Waals surface area (Å²) in [7, 11) is 0. The van der Waals surface area contributed by atoms with E-state index in [-0.39, 0.29) is 10.7 Å². The Labute approximate surface area is 174 Å². The number of hydrogen-bond acceptors (Lipinski definition) is 4. The zero-order valence-corrected chi connectivity index (χ0v) is 16.2. The number of nitro groups is 1. The number of rotatable bonds is 4. The van der Waals surface area contributed by atoms with Gasteiger partial charge in [0, 0.05) is 16.2 Å². The summed E-state index contributed by atoms with van der Waals surface area (Å²) < 4.78 is 0. The highest BCUT2D eigenvalue weighted by Crippen LogP contribution is 2.46. The van der Waals surface area contributed by atoms with Crippen LogP contribution in [0.15, 0.2) is 91.0 Å². The van der Waals surface area contributed by atoms with Gasteiger partial charge in [-0.05, 0) is 17.2 Å². The van der Waals surface area contributed by atoms with Crippen molar-refractivity contribution in [3.63, 3.8) is 0 Å². The summed E-state index contributed by atoms with van der Waals surface area (Å²) in [6, 6.07) is 24.2. The standard InChI is InChI=1S/C25H20N2O3/c28-25(19-12-5-2-6-13-19)24-22(18-10-3-1-4-11-18)23(27(29)30)21-16-15-17-9-7-8-14-20(17)26(21)24/h1-16,21-24H/t21-,22+,23-,24+/m0/s1. The highest BCUT2D eigenvalue weighted by molar-refractivity contribution is 6.04. The van der Waals surface area contributed by atoms with E-state index in [1.807, 2.05) is 89.8 Å². The largest absolute Gasteiger partial charge is 0.346 e. The molecule has 0 amide bonds. The molecule has 0 bridgehead atoms. The molecule has 2 heterocycles. The number of benzene rings is 3. The zero-order chi connectivity index (χ0) is 20.7. The number of hydrogen-bond donors (Lipinski definition) is 0. The van der Waals surface area contributed by atoms with Crippen LogP contribution in [0.5, 0.6) is 0 Å². The first-order valence-corrected chi connectivity index (χ1v) is 10.00. The molecule has 0 aliphatic carbocycles. The van der Waals surface area contributed by atoms with Crippen LogP contribution in [0.1, 0.15) is 27.4 Å². The Morgan fingerprint density at radius 3 is 2.20 bits per heavy atom. The first kappa shape index (κ1) is 18.3. The molecule has 0 N–H and O–H groups in total. The Kier molecular flexibility index (Phi) is 4.43. The topological polar surface area (TPSA) is 63.4 Å². The van der Waals surface area contributed by atoms with E-state index in [1.54, 1.807) is 12.1 Å². The molecule has 5 heteroatoms. The number of anilines is 1. The molecule has 5 nitrogen and oxygen atoms in total. The first-order valence-electron chi connectivity index (χ1n) is 10.00. The van der Waals surface area contributed by atoms with Gasteiger partial charge in [0.25, 0.3) is 0 Å². The maximum Gasteiger partial charge on any atom is 0.245 e. The summed E-state index contributed by atoms with van der Waals surface area (Å²) in [6.45, 7) is 0. The molecule has 30 heavy (non-hydrogen) atoms. The lowest BCUT2D eigenvalue weighted by atomic mass is 9.84. The van der Waals surface area contributed by atoms with Gasteiger partial charge in [0.15, 0.2) is 5.78 Å². The van der Waals surface area contributed by atoms with E-state index >= 15 is 0 Å². The van der Waals surface area contributed by atoms with E-state index in [1.165, 1.54) is 0 Å². The summed E-state index contributed by atoms with van der Waals surface area (Å²) in [5, 5.41) is 12.3. The van der Waals surface area contributed by atoms with E-state index in [0.717, 1.165) is 16.8 Å². The van der Waals surface area contributed by atoms with Crippen molar-refractivity contribution in [3.8, 4) is 0 Å². The molecule has 0 aromatic heterocycles. The van der Waals surface area contributed by atoms with Gasteiger partial charge in [0.2, 0.25) is 6.04 Å². The van der Waals surface area contributed by atoms with Crippen LogP contribution in [0.2, 0.25) is 0 Å². The summed E-state index contributed by atoms with van der Waals surface area (Å²) in [6.07, 6.45) is 3.81. The zero-order valence-electron chi connectivity index (χ0n) is 16.2. The van der Waals surface area contributed by atoms with Crippen molar-refractivity contribution in [1.82, 2.24) is 0 Å². The van der Waals surface area contributed by atoms with Crippen LogP contribution < -0.4 is 4.90 Å². The van der Waals surface area contributed by atoms with Crippen molar-refractivity contribution >= 4 is 17.5 Å². The third-order valence-electron chi connectivity index (χ3n) is 6.12. The van der Waals surface area contributed by atoms with Crippen molar-refractivity contribution in [2.24, 2.45) is 0 Å². The number of nitrogens with zero attached hydrogens (tertiary/aromatic N) is 2. The van der Waals surface area contributed by atoms with Crippen LogP contribution >= 0.6 is 0 Å². The Morgan fingerprint density at radius 1 is 0.867 bits per heavy atom. The van der Waals surface area contributed by atoms with Gasteiger partial charge in [-0.25, -0.2) is 0 Å². The molecule has 1 fully saturated rings. The average molecular weight is 396 g/mol. The van der Waals surface area contributed by atoms with Crippen molar-refractivity contribution in [1.29, 1.82) is 0 Å². The second-order valence-electron chi connectivity index (χ2n) is 7.70. The molecule has 0 radical (unpaired) electrons. The number of para-hydroxylation sites is 1. The summed E-state index contributed by atoms with van der Waals surface area (Å²) in [5.74, 6) is -0.654. The number of carbonyl (C=O) groups excluding carboxylic acids is 1. The van der Waals surface area contributed by atoms with Crippen LogP contribution in [0, 0.1) is 10.1 Å². The molecule has 5 rings (SSSR count). The number of ketones is 1. The molecule has 1 saturated heterocycles. The second-order valence-corrected chi connectivity index (χ2v) is 7.70. The monoisotopic (exact) mass is 396 g/mol. The SMILES string of the molecule is O=C(c1ccccc1)[C@H]1[C@H](c2ccccc2)[C@@H]([N+](=O)[O-])[C@@H]2C=Cc3ccccc3N21. The lowest BCUT2D eigenvalue weighted by molar-refractivity contribution is -0.524. The fourth-order valence-electron chi connectivity index (χ4n) is 4.88. The molecule has 3 aromatic rings. The highest BCUT2D eigenvalue weighted by atomic mass is 16.6. The maximum absolute atomic E-state index is 13.8. The van der Waals surface area contributed by atoms with Crippen LogP contribution in [0.3, 0.4) is 0 Å². The van der Waals surface area contributed by atoms with Crippen LogP contribution in [-0.2, 0) is 0 Å². The lowest BCUT2D eigenvalue weighted by Gasteiger charge is -2.34. The Balaban J connectivity index is 1.73. The average Bonchev–Trinajstić information content (AvgIpc) is 3.16. The molecule has 2 aliphatic rings. The van der Waals surface area contributed by atoms with Gasteiger partial charge in [-0.1, -0.05) is 91.0 Å². The van der Waals surface area contributed by atoms with E-state index < -0.39 is 24.0 Å². The van der Waals surface area contributed by atoms with Crippen LogP contribution in [0.25, 0.3) is 6.08 Å². The van der Waals surface area contributed by atoms with E-state index in [9.17, 15) is 14.9 Å². The molecule has 2 aliphatic heterocycles. The fraction of sp³-hybridized carbons (Fsp3) is 0.160. The van der Waals surface area contributed by atoms with Gasteiger partial charge >= 0.3 is 0 Å². The maximum atomic E-state index is 13.8. The lowest BCUT2D eigenvalue weighted by Crippen LogP contribution is -2.44. The van der Waals surface area contributed by atoms with Crippen molar-refractivity contribution in [3.05, 3.63) is 118 Å². The third-order valence-corrected chi connectivity index (χ3v) is 6.12. The summed E-state index contributed by atoms with van der Waals surface area (Å²) in [4.78, 5) is 27.8. The number of Topliss-reactive ketones (excluding diaryl/α,β-unsaturated/α-hetero) is 1. The smallest absolute Gasteiger partial charge is 0.245 e. The Bertz CT molecular complexity index is 1130. The van der Waals surface area contributed by atoms with Crippen molar-refractivity contribution in [2.45, 2.75) is 24.0 Å². The predicted molar refractivity (Wildman–Crippen MR) is 116 cm³/mol. The molecule has 4 atom stereocenters. The van der Waals surface area contributed by atoms with Crippen molar-refractivity contribution < 1.29 is 9.72 Å². The van der Waals surface area contributed by atoms with Crippen molar-refractivity contribution in [2.75, 3.05) is 4.90 Å². The van der Waals surface area contributed by atoms with Gasteiger partial charge in [-0.15, -0.1) is 0 Å². The minimum absolute atomic E-state index is 0.0936. The van der Waals surface area contributed by atoms with Gasteiger partial charge in [-0.2, -0.15) is 0 Å². The molecular formula is C25H20N2O3. The normalized spacial score (nSPS) is 24.2. The highest BCUT2D eigenvalue weighted by Gasteiger charge is 2.58. The first-order chi connectivity index (χ1) is 14.7. The molecule has 0 unspecified atom stereocenters. The van der Waals surface area contributed by atoms with Crippen LogP contribution in [0.4, 0.5) is 5.69 Å². The molecule has 0 spiro atoms. The molecular weight excluding hydrogens is 376 g/mol. The van der Waals surface area contributed by atoms with Gasteiger partial charge in [0.1, 0.15) is 12.1 Å². The number of carbonyl (C=O) groups is 1.